The molecule has 2 amide bonds. The molecule has 0 bridgehead atoms. The van der Waals surface area contributed by atoms with Gasteiger partial charge in [0.25, 0.3) is 5.91 Å². The lowest BCUT2D eigenvalue weighted by Gasteiger charge is -2.45. The van der Waals surface area contributed by atoms with Gasteiger partial charge in [0.05, 0.1) is 26.2 Å². The van der Waals surface area contributed by atoms with E-state index in [0.717, 1.165) is 27.9 Å². The second-order valence-electron chi connectivity index (χ2n) is 8.47. The first-order valence-corrected chi connectivity index (χ1v) is 11.0. The molecule has 0 aromatic heterocycles. The van der Waals surface area contributed by atoms with Crippen molar-refractivity contribution in [2.75, 3.05) is 26.1 Å². The van der Waals surface area contributed by atoms with Gasteiger partial charge in [-0.3, -0.25) is 9.59 Å². The first kappa shape index (κ1) is 21.1. The second kappa shape index (κ2) is 8.28. The topological polar surface area (TPSA) is 67.9 Å². The van der Waals surface area contributed by atoms with Crippen LogP contribution in [0.15, 0.2) is 60.7 Å². The summed E-state index contributed by atoms with van der Waals surface area (Å²) in [5.41, 5.74) is 5.08. The molecule has 0 saturated carbocycles. The number of methoxy groups -OCH3 is 2. The Morgan fingerprint density at radius 3 is 2.42 bits per heavy atom. The highest BCUT2D eigenvalue weighted by Gasteiger charge is 2.46. The van der Waals surface area contributed by atoms with E-state index in [-0.39, 0.29) is 11.8 Å². The van der Waals surface area contributed by atoms with Crippen molar-refractivity contribution >= 4 is 17.5 Å². The molecular weight excluding hydrogens is 416 g/mol. The number of fused-ring (bicyclic) bond motifs is 4. The number of aryl methyl sites for hydroxylation is 1. The first-order chi connectivity index (χ1) is 16.0. The van der Waals surface area contributed by atoms with Crippen LogP contribution in [0, 0.1) is 6.92 Å². The van der Waals surface area contributed by atoms with Crippen molar-refractivity contribution in [3.8, 4) is 11.5 Å². The van der Waals surface area contributed by atoms with Crippen molar-refractivity contribution in [2.24, 2.45) is 0 Å². The molecule has 3 aromatic carbocycles. The fourth-order valence-electron chi connectivity index (χ4n) is 5.06. The maximum Gasteiger partial charge on any atom is 0.254 e. The van der Waals surface area contributed by atoms with Crippen LogP contribution in [0.3, 0.4) is 0 Å². The van der Waals surface area contributed by atoms with Gasteiger partial charge < -0.3 is 19.7 Å². The third kappa shape index (κ3) is 3.42. The summed E-state index contributed by atoms with van der Waals surface area (Å²) in [5, 5.41) is 3.12. The average Bonchev–Trinajstić information content (AvgIpc) is 2.84. The smallest absolute Gasteiger partial charge is 0.254 e. The maximum absolute atomic E-state index is 13.8. The summed E-state index contributed by atoms with van der Waals surface area (Å²) in [4.78, 5) is 29.1. The number of carbonyl (C=O) groups is 2. The fraction of sp³-hybridized carbons (Fsp3) is 0.259. The Kier molecular flexibility index (Phi) is 5.29. The molecule has 168 valence electrons. The molecule has 2 unspecified atom stereocenters. The van der Waals surface area contributed by atoms with E-state index in [1.165, 1.54) is 0 Å². The Hall–Kier alpha value is -3.80. The van der Waals surface area contributed by atoms with Crippen LogP contribution in [-0.4, -0.2) is 37.5 Å². The van der Waals surface area contributed by atoms with Gasteiger partial charge in [-0.2, -0.15) is 0 Å². The molecule has 5 rings (SSSR count). The van der Waals surface area contributed by atoms with Crippen LogP contribution < -0.4 is 14.8 Å². The van der Waals surface area contributed by atoms with E-state index in [1.54, 1.807) is 14.2 Å². The van der Waals surface area contributed by atoms with Gasteiger partial charge in [0.15, 0.2) is 11.5 Å². The van der Waals surface area contributed by atoms with Crippen LogP contribution >= 0.6 is 0 Å². The van der Waals surface area contributed by atoms with Crippen molar-refractivity contribution in [1.82, 2.24) is 4.90 Å². The van der Waals surface area contributed by atoms with E-state index in [2.05, 4.69) is 5.32 Å². The molecular formula is C27H26N2O4. The highest BCUT2D eigenvalue weighted by molar-refractivity contribution is 6.04. The molecule has 3 aromatic rings. The van der Waals surface area contributed by atoms with E-state index in [9.17, 15) is 9.59 Å². The number of nitrogens with one attached hydrogen (secondary N) is 1. The standard InChI is InChI=1S/C27H26N2O4/c1-16-8-4-7-11-21(16)28-26(30)24-18-9-5-6-10-19(18)27(31)29-13-12-17-14-22(32-2)23(33-3)15-20(17)25(24)29/h4-11,14-15,24-25H,12-13H2,1-3H3,(H,28,30). The van der Waals surface area contributed by atoms with Gasteiger partial charge in [-0.25, -0.2) is 0 Å². The predicted molar refractivity (Wildman–Crippen MR) is 126 cm³/mol. The average molecular weight is 443 g/mol. The number of hydrogen-bond acceptors (Lipinski definition) is 4. The van der Waals surface area contributed by atoms with Crippen molar-refractivity contribution in [2.45, 2.75) is 25.3 Å². The molecule has 6 nitrogen and oxygen atoms in total. The number of benzene rings is 3. The number of carbonyl (C=O) groups excluding carboxylic acids is 2. The fourth-order valence-corrected chi connectivity index (χ4v) is 5.06. The second-order valence-corrected chi connectivity index (χ2v) is 8.47. The van der Waals surface area contributed by atoms with E-state index in [4.69, 9.17) is 9.47 Å². The summed E-state index contributed by atoms with van der Waals surface area (Å²) in [6, 6.07) is 18.6. The van der Waals surface area contributed by atoms with Gasteiger partial charge in [0.2, 0.25) is 5.91 Å². The molecule has 2 aliphatic heterocycles. The van der Waals surface area contributed by atoms with E-state index in [0.29, 0.717) is 30.0 Å². The van der Waals surface area contributed by atoms with Gasteiger partial charge in [-0.1, -0.05) is 36.4 Å². The SMILES string of the molecule is COc1cc2c(cc1OC)C1C(C(=O)Nc3ccccc3C)c3ccccc3C(=O)N1CC2. The molecule has 0 radical (unpaired) electrons. The van der Waals surface area contributed by atoms with Crippen LogP contribution in [0.4, 0.5) is 5.69 Å². The highest BCUT2D eigenvalue weighted by atomic mass is 16.5. The number of hydrogen-bond donors (Lipinski definition) is 1. The number of ether oxygens (including phenoxy) is 2. The third-order valence-electron chi connectivity index (χ3n) is 6.71. The lowest BCUT2D eigenvalue weighted by molar-refractivity contribution is -0.119. The summed E-state index contributed by atoms with van der Waals surface area (Å²) >= 11 is 0. The molecule has 2 atom stereocenters. The monoisotopic (exact) mass is 442 g/mol. The minimum absolute atomic E-state index is 0.0454. The molecule has 2 heterocycles. The summed E-state index contributed by atoms with van der Waals surface area (Å²) in [6.45, 7) is 2.50. The lowest BCUT2D eigenvalue weighted by Crippen LogP contribution is -2.49. The summed E-state index contributed by atoms with van der Waals surface area (Å²) in [5.74, 6) is 0.490. The first-order valence-electron chi connectivity index (χ1n) is 11.0. The van der Waals surface area contributed by atoms with E-state index in [1.807, 2.05) is 72.5 Å². The van der Waals surface area contributed by atoms with Gasteiger partial charge >= 0.3 is 0 Å². The Labute approximate surface area is 193 Å². The molecule has 0 spiro atoms. The maximum atomic E-state index is 13.8. The van der Waals surface area contributed by atoms with Crippen molar-refractivity contribution in [3.05, 3.63) is 88.5 Å². The van der Waals surface area contributed by atoms with E-state index < -0.39 is 12.0 Å². The number of nitrogens with zero attached hydrogens (tertiary/aromatic N) is 1. The number of rotatable bonds is 4. The van der Waals surface area contributed by atoms with Crippen LogP contribution in [0.1, 0.15) is 44.6 Å². The highest BCUT2D eigenvalue weighted by Crippen LogP contribution is 2.48. The zero-order chi connectivity index (χ0) is 23.1. The molecule has 1 N–H and O–H groups in total. The van der Waals surface area contributed by atoms with E-state index >= 15 is 0 Å². The van der Waals surface area contributed by atoms with Crippen molar-refractivity contribution in [1.29, 1.82) is 0 Å². The Balaban J connectivity index is 1.66. The Bertz CT molecular complexity index is 1250. The number of anilines is 1. The van der Waals surface area contributed by atoms with Crippen molar-refractivity contribution < 1.29 is 19.1 Å². The molecule has 0 aliphatic carbocycles. The summed E-state index contributed by atoms with van der Waals surface area (Å²) in [7, 11) is 3.20. The van der Waals surface area contributed by atoms with Gasteiger partial charge in [-0.15, -0.1) is 0 Å². The molecule has 33 heavy (non-hydrogen) atoms. The van der Waals surface area contributed by atoms with Crippen LogP contribution in [0.2, 0.25) is 0 Å². The van der Waals surface area contributed by atoms with Gasteiger partial charge in [0.1, 0.15) is 0 Å². The lowest BCUT2D eigenvalue weighted by atomic mass is 9.75. The van der Waals surface area contributed by atoms with Gasteiger partial charge in [-0.05, 0) is 59.9 Å². The molecule has 6 heteroatoms. The molecule has 0 saturated heterocycles. The van der Waals surface area contributed by atoms with Crippen molar-refractivity contribution in [3.63, 3.8) is 0 Å². The number of amides is 2. The Morgan fingerprint density at radius 2 is 1.67 bits per heavy atom. The summed E-state index contributed by atoms with van der Waals surface area (Å²) in [6.07, 6.45) is 0.687. The minimum atomic E-state index is -0.560. The Morgan fingerprint density at radius 1 is 0.970 bits per heavy atom. The quantitative estimate of drug-likeness (QED) is 0.647. The third-order valence-corrected chi connectivity index (χ3v) is 6.71. The normalized spacial score (nSPS) is 18.6. The van der Waals surface area contributed by atoms with Gasteiger partial charge in [0, 0.05) is 17.8 Å². The zero-order valence-electron chi connectivity index (χ0n) is 18.9. The minimum Gasteiger partial charge on any atom is -0.493 e. The predicted octanol–water partition coefficient (Wildman–Crippen LogP) is 4.49. The van der Waals surface area contributed by atoms with Crippen LogP contribution in [0.25, 0.3) is 0 Å². The summed E-state index contributed by atoms with van der Waals surface area (Å²) < 4.78 is 11.1. The molecule has 2 aliphatic rings. The zero-order valence-corrected chi connectivity index (χ0v) is 18.9. The van der Waals surface area contributed by atoms with Crippen LogP contribution in [0.5, 0.6) is 11.5 Å². The van der Waals surface area contributed by atoms with Crippen LogP contribution in [-0.2, 0) is 11.2 Å². The molecule has 0 fully saturated rings. The number of para-hydroxylation sites is 1. The largest absolute Gasteiger partial charge is 0.493 e.